The molecule has 0 spiro atoms. The van der Waals surface area contributed by atoms with Crippen LogP contribution in [0.5, 0.6) is 0 Å². The number of primary amides is 1. The fraction of sp³-hybridized carbons (Fsp3) is 0.778. The Labute approximate surface area is 89.0 Å². The summed E-state index contributed by atoms with van der Waals surface area (Å²) >= 11 is 0. The van der Waals surface area contributed by atoms with Crippen molar-refractivity contribution in [2.75, 3.05) is 13.1 Å². The van der Waals surface area contributed by atoms with Crippen LogP contribution in [0.2, 0.25) is 0 Å². The summed E-state index contributed by atoms with van der Waals surface area (Å²) in [5, 5.41) is 11.5. The van der Waals surface area contributed by atoms with Gasteiger partial charge in [-0.3, -0.25) is 9.59 Å². The van der Waals surface area contributed by atoms with E-state index in [1.807, 2.05) is 13.8 Å². The van der Waals surface area contributed by atoms with Crippen LogP contribution < -0.4 is 16.8 Å². The van der Waals surface area contributed by atoms with Gasteiger partial charge in [-0.25, -0.2) is 0 Å². The molecule has 0 aromatic carbocycles. The van der Waals surface area contributed by atoms with Crippen LogP contribution in [0, 0.1) is 11.8 Å². The van der Waals surface area contributed by atoms with Gasteiger partial charge in [-0.1, -0.05) is 13.8 Å². The van der Waals surface area contributed by atoms with Crippen molar-refractivity contribution >= 4 is 11.8 Å². The Hall–Kier alpha value is -1.14. The number of hydrogen-bond acceptors (Lipinski definition) is 4. The summed E-state index contributed by atoms with van der Waals surface area (Å²) in [6, 6.07) is 0. The van der Waals surface area contributed by atoms with Crippen LogP contribution >= 0.6 is 0 Å². The Morgan fingerprint density at radius 1 is 1.40 bits per heavy atom. The molecule has 15 heavy (non-hydrogen) atoms. The predicted octanol–water partition coefficient (Wildman–Crippen LogP) is -1.82. The first-order chi connectivity index (χ1) is 6.90. The van der Waals surface area contributed by atoms with Crippen molar-refractivity contribution in [1.82, 2.24) is 5.32 Å². The monoisotopic (exact) mass is 217 g/mol. The number of amides is 2. The molecule has 2 unspecified atom stereocenters. The molecule has 6 N–H and O–H groups in total. The smallest absolute Gasteiger partial charge is 0.248 e. The van der Waals surface area contributed by atoms with Crippen molar-refractivity contribution in [1.29, 1.82) is 0 Å². The van der Waals surface area contributed by atoms with Gasteiger partial charge in [-0.15, -0.1) is 0 Å². The molecule has 0 aliphatic rings. The van der Waals surface area contributed by atoms with Crippen LogP contribution in [-0.4, -0.2) is 36.1 Å². The molecule has 0 aliphatic heterocycles. The van der Waals surface area contributed by atoms with Gasteiger partial charge < -0.3 is 21.9 Å². The Balaban J connectivity index is 4.07. The van der Waals surface area contributed by atoms with E-state index in [-0.39, 0.29) is 30.8 Å². The maximum atomic E-state index is 11.5. The molecule has 0 rings (SSSR count). The van der Waals surface area contributed by atoms with Crippen LogP contribution in [0.4, 0.5) is 0 Å². The molecule has 0 radical (unpaired) electrons. The average Bonchev–Trinajstić information content (AvgIpc) is 2.14. The maximum Gasteiger partial charge on any atom is 0.248 e. The normalized spacial score (nSPS) is 14.7. The molecule has 0 fully saturated rings. The van der Waals surface area contributed by atoms with Crippen LogP contribution in [-0.2, 0) is 9.59 Å². The van der Waals surface area contributed by atoms with E-state index in [0.29, 0.717) is 0 Å². The van der Waals surface area contributed by atoms with E-state index >= 15 is 0 Å². The topological polar surface area (TPSA) is 118 Å². The minimum absolute atomic E-state index is 0.112. The lowest BCUT2D eigenvalue weighted by Gasteiger charge is -2.18. The highest BCUT2D eigenvalue weighted by atomic mass is 16.3. The molecule has 6 nitrogen and oxygen atoms in total. The summed E-state index contributed by atoms with van der Waals surface area (Å²) in [5.41, 5.74) is 10.3. The van der Waals surface area contributed by atoms with E-state index in [9.17, 15) is 9.59 Å². The first-order valence-corrected chi connectivity index (χ1v) is 4.85. The van der Waals surface area contributed by atoms with Crippen molar-refractivity contribution < 1.29 is 14.7 Å². The molecular weight excluding hydrogens is 198 g/mol. The van der Waals surface area contributed by atoms with E-state index in [1.54, 1.807) is 0 Å². The largest absolute Gasteiger partial charge is 0.381 e. The first-order valence-electron chi connectivity index (χ1n) is 4.85. The van der Waals surface area contributed by atoms with E-state index in [0.717, 1.165) is 0 Å². The van der Waals surface area contributed by atoms with Crippen LogP contribution in [0.25, 0.3) is 0 Å². The zero-order valence-corrected chi connectivity index (χ0v) is 9.06. The zero-order valence-electron chi connectivity index (χ0n) is 9.06. The highest BCUT2D eigenvalue weighted by Crippen LogP contribution is 2.08. The second kappa shape index (κ2) is 6.36. The molecule has 0 aromatic rings. The van der Waals surface area contributed by atoms with Gasteiger partial charge in [0, 0.05) is 6.54 Å². The number of nitrogens with one attached hydrogen (secondary N) is 1. The number of carbonyl (C=O) groups excluding carboxylic acids is 2. The highest BCUT2D eigenvalue weighted by molar-refractivity contribution is 5.82. The average molecular weight is 217 g/mol. The molecule has 2 amide bonds. The lowest BCUT2D eigenvalue weighted by molar-refractivity contribution is -0.128. The Morgan fingerprint density at radius 2 is 1.93 bits per heavy atom. The Morgan fingerprint density at radius 3 is 2.27 bits per heavy atom. The number of carbonyl (C=O) groups is 2. The van der Waals surface area contributed by atoms with E-state index < -0.39 is 12.0 Å². The molecule has 0 bridgehead atoms. The third-order valence-electron chi connectivity index (χ3n) is 2.19. The second-order valence-electron chi connectivity index (χ2n) is 3.75. The molecule has 6 heteroatoms. The second-order valence-corrected chi connectivity index (χ2v) is 3.75. The minimum Gasteiger partial charge on any atom is -0.381 e. The van der Waals surface area contributed by atoms with Gasteiger partial charge in [-0.2, -0.15) is 0 Å². The van der Waals surface area contributed by atoms with Gasteiger partial charge in [0.15, 0.2) is 0 Å². The van der Waals surface area contributed by atoms with Gasteiger partial charge in [0.1, 0.15) is 6.10 Å². The third-order valence-corrected chi connectivity index (χ3v) is 2.19. The lowest BCUT2D eigenvalue weighted by atomic mass is 9.95. The molecule has 0 saturated carbocycles. The third kappa shape index (κ3) is 4.75. The van der Waals surface area contributed by atoms with E-state index in [2.05, 4.69) is 5.32 Å². The van der Waals surface area contributed by atoms with Gasteiger partial charge in [-0.05, 0) is 5.92 Å². The molecule has 88 valence electrons. The summed E-state index contributed by atoms with van der Waals surface area (Å²) in [4.78, 5) is 22.0. The van der Waals surface area contributed by atoms with E-state index in [1.165, 1.54) is 0 Å². The van der Waals surface area contributed by atoms with Crippen molar-refractivity contribution in [3.05, 3.63) is 0 Å². The fourth-order valence-electron chi connectivity index (χ4n) is 1.11. The highest BCUT2D eigenvalue weighted by Gasteiger charge is 2.21. The van der Waals surface area contributed by atoms with Crippen LogP contribution in [0.3, 0.4) is 0 Å². The predicted molar refractivity (Wildman–Crippen MR) is 55.6 cm³/mol. The summed E-state index contributed by atoms with van der Waals surface area (Å²) in [6.45, 7) is 3.82. The maximum absolute atomic E-state index is 11.5. The van der Waals surface area contributed by atoms with Crippen LogP contribution in [0.1, 0.15) is 13.8 Å². The minimum atomic E-state index is -1.35. The summed E-state index contributed by atoms with van der Waals surface area (Å²) in [7, 11) is 0. The lowest BCUT2D eigenvalue weighted by Crippen LogP contribution is -2.44. The molecule has 0 aliphatic carbocycles. The zero-order chi connectivity index (χ0) is 12.0. The summed E-state index contributed by atoms with van der Waals surface area (Å²) in [6.07, 6.45) is -1.35. The standard InChI is InChI=1S/C9H19N3O3/c1-5(2)6(3-10)9(15)12-4-7(13)8(11)14/h5-7,13H,3-4,10H2,1-2H3,(H2,11,14)(H,12,15). The molecular formula is C9H19N3O3. The number of aliphatic hydroxyl groups is 1. The molecule has 0 saturated heterocycles. The number of hydrogen-bond donors (Lipinski definition) is 4. The van der Waals surface area contributed by atoms with Crippen molar-refractivity contribution in [2.45, 2.75) is 20.0 Å². The van der Waals surface area contributed by atoms with Gasteiger partial charge in [0.25, 0.3) is 0 Å². The SMILES string of the molecule is CC(C)C(CN)C(=O)NCC(O)C(N)=O. The Kier molecular flexibility index (Phi) is 5.88. The van der Waals surface area contributed by atoms with Gasteiger partial charge in [0.05, 0.1) is 12.5 Å². The number of nitrogens with two attached hydrogens (primary N) is 2. The van der Waals surface area contributed by atoms with Gasteiger partial charge in [0.2, 0.25) is 11.8 Å². The Bertz CT molecular complexity index is 231. The quantitative estimate of drug-likeness (QED) is 0.419. The number of rotatable bonds is 6. The van der Waals surface area contributed by atoms with Crippen molar-refractivity contribution in [3.8, 4) is 0 Å². The van der Waals surface area contributed by atoms with Gasteiger partial charge >= 0.3 is 0 Å². The molecule has 0 heterocycles. The fourth-order valence-corrected chi connectivity index (χ4v) is 1.11. The van der Waals surface area contributed by atoms with Crippen molar-refractivity contribution in [3.63, 3.8) is 0 Å². The molecule has 2 atom stereocenters. The van der Waals surface area contributed by atoms with E-state index in [4.69, 9.17) is 16.6 Å². The summed E-state index contributed by atoms with van der Waals surface area (Å²) in [5.74, 6) is -1.33. The van der Waals surface area contributed by atoms with Crippen molar-refractivity contribution in [2.24, 2.45) is 23.3 Å². The summed E-state index contributed by atoms with van der Waals surface area (Å²) < 4.78 is 0. The first kappa shape index (κ1) is 13.9. The number of aliphatic hydroxyl groups excluding tert-OH is 1. The molecule has 0 aromatic heterocycles. The van der Waals surface area contributed by atoms with Crippen LogP contribution in [0.15, 0.2) is 0 Å².